The zero-order valence-electron chi connectivity index (χ0n) is 17.7. The maximum Gasteiger partial charge on any atom is 0.198 e. The minimum atomic E-state index is 0.271. The molecule has 0 radical (unpaired) electrons. The largest absolute Gasteiger partial charge is 0.497 e. The molecule has 0 spiro atoms. The molecule has 6 nitrogen and oxygen atoms in total. The number of nitrogens with zero attached hydrogens (tertiary/aromatic N) is 4. The molecule has 7 heteroatoms. The van der Waals surface area contributed by atoms with E-state index in [0.29, 0.717) is 6.67 Å². The van der Waals surface area contributed by atoms with Crippen molar-refractivity contribution < 1.29 is 9.47 Å². The molecular formula is C23H28N4O2S. The molecule has 0 N–H and O–H groups in total. The monoisotopic (exact) mass is 424 g/mol. The van der Waals surface area contributed by atoms with Crippen molar-refractivity contribution in [2.24, 2.45) is 7.05 Å². The van der Waals surface area contributed by atoms with Gasteiger partial charge in [0.1, 0.15) is 17.3 Å². The quantitative estimate of drug-likeness (QED) is 0.528. The second kappa shape index (κ2) is 9.02. The Balaban J connectivity index is 1.57. The van der Waals surface area contributed by atoms with Gasteiger partial charge in [0.05, 0.1) is 20.9 Å². The van der Waals surface area contributed by atoms with Crippen LogP contribution in [0.25, 0.3) is 0 Å². The molecule has 2 heterocycles. The summed E-state index contributed by atoms with van der Waals surface area (Å²) in [6.07, 6.45) is 2.99. The predicted octanol–water partition coefficient (Wildman–Crippen LogP) is 4.35. The van der Waals surface area contributed by atoms with E-state index in [1.165, 1.54) is 11.1 Å². The molecule has 0 bridgehead atoms. The molecule has 1 saturated heterocycles. The molecule has 0 unspecified atom stereocenters. The summed E-state index contributed by atoms with van der Waals surface area (Å²) < 4.78 is 15.7. The lowest BCUT2D eigenvalue weighted by Gasteiger charge is -2.26. The Kier molecular flexibility index (Phi) is 6.20. The van der Waals surface area contributed by atoms with Crippen molar-refractivity contribution in [1.29, 1.82) is 0 Å². The average Bonchev–Trinajstić information content (AvgIpc) is 3.34. The standard InChI is InChI=1S/C23H28N4O2S/c1-25-22(14-17-8-5-4-6-9-17)24-27(23(25)30)16-26-13-7-10-20(26)19-12-11-18(28-2)15-21(19)29-3/h4-6,8-9,11-12,15,20H,7,10,13-14,16H2,1-3H3/t20-/m0/s1. The van der Waals surface area contributed by atoms with E-state index >= 15 is 0 Å². The van der Waals surface area contributed by atoms with Gasteiger partial charge < -0.3 is 14.0 Å². The van der Waals surface area contributed by atoms with Crippen LogP contribution in [-0.4, -0.2) is 40.0 Å². The van der Waals surface area contributed by atoms with Gasteiger partial charge in [0.2, 0.25) is 0 Å². The maximum atomic E-state index is 5.70. The normalized spacial score (nSPS) is 16.7. The number of likely N-dealkylation sites (tertiary alicyclic amines) is 1. The first-order chi connectivity index (χ1) is 14.6. The Morgan fingerprint density at radius 3 is 2.63 bits per heavy atom. The molecule has 30 heavy (non-hydrogen) atoms. The summed E-state index contributed by atoms with van der Waals surface area (Å²) in [5.74, 6) is 2.64. The van der Waals surface area contributed by atoms with E-state index in [4.69, 9.17) is 26.8 Å². The first-order valence-corrected chi connectivity index (χ1v) is 10.6. The maximum absolute atomic E-state index is 5.70. The van der Waals surface area contributed by atoms with E-state index in [1.807, 2.05) is 34.5 Å². The zero-order chi connectivity index (χ0) is 21.1. The van der Waals surface area contributed by atoms with Crippen molar-refractivity contribution in [1.82, 2.24) is 19.2 Å². The minimum absolute atomic E-state index is 0.271. The molecule has 1 aliphatic rings. The molecule has 2 aromatic carbocycles. The molecule has 0 aliphatic carbocycles. The van der Waals surface area contributed by atoms with Gasteiger partial charge in [-0.25, -0.2) is 4.68 Å². The Morgan fingerprint density at radius 1 is 1.10 bits per heavy atom. The van der Waals surface area contributed by atoms with Gasteiger partial charge in [0.25, 0.3) is 0 Å². The topological polar surface area (TPSA) is 44.5 Å². The highest BCUT2D eigenvalue weighted by Gasteiger charge is 2.29. The Labute approximate surface area is 182 Å². The molecular weight excluding hydrogens is 396 g/mol. The summed E-state index contributed by atoms with van der Waals surface area (Å²) >= 11 is 5.70. The summed E-state index contributed by atoms with van der Waals surface area (Å²) in [4.78, 5) is 2.43. The van der Waals surface area contributed by atoms with Gasteiger partial charge in [-0.3, -0.25) is 4.90 Å². The fraction of sp³-hybridized carbons (Fsp3) is 0.391. The summed E-state index contributed by atoms with van der Waals surface area (Å²) in [5, 5.41) is 4.85. The number of aromatic nitrogens is 3. The van der Waals surface area contributed by atoms with Crippen molar-refractivity contribution in [3.8, 4) is 11.5 Å². The van der Waals surface area contributed by atoms with E-state index in [-0.39, 0.29) is 6.04 Å². The number of rotatable bonds is 7. The summed E-state index contributed by atoms with van der Waals surface area (Å²) in [6.45, 7) is 1.67. The van der Waals surface area contributed by atoms with Gasteiger partial charge in [-0.2, -0.15) is 5.10 Å². The van der Waals surface area contributed by atoms with Crippen molar-refractivity contribution in [3.05, 3.63) is 70.3 Å². The van der Waals surface area contributed by atoms with E-state index in [0.717, 1.165) is 47.9 Å². The van der Waals surface area contributed by atoms with Crippen molar-refractivity contribution in [3.63, 3.8) is 0 Å². The fourth-order valence-electron chi connectivity index (χ4n) is 4.17. The Morgan fingerprint density at radius 2 is 1.90 bits per heavy atom. The van der Waals surface area contributed by atoms with E-state index in [9.17, 15) is 0 Å². The van der Waals surface area contributed by atoms with Crippen LogP contribution in [0.4, 0.5) is 0 Å². The third kappa shape index (κ3) is 4.13. The number of benzene rings is 2. The lowest BCUT2D eigenvalue weighted by Crippen LogP contribution is -2.27. The van der Waals surface area contributed by atoms with Crippen LogP contribution in [0.15, 0.2) is 48.5 Å². The smallest absolute Gasteiger partial charge is 0.198 e. The SMILES string of the molecule is COc1ccc([C@@H]2CCCN2Cn2nc(Cc3ccccc3)n(C)c2=S)c(OC)c1. The first-order valence-electron chi connectivity index (χ1n) is 10.2. The number of hydrogen-bond acceptors (Lipinski definition) is 5. The molecule has 3 aromatic rings. The van der Waals surface area contributed by atoms with Gasteiger partial charge in [-0.15, -0.1) is 0 Å². The molecule has 1 aliphatic heterocycles. The second-order valence-corrected chi connectivity index (χ2v) is 8.00. The third-order valence-corrected chi connectivity index (χ3v) is 6.30. The fourth-order valence-corrected chi connectivity index (χ4v) is 4.37. The predicted molar refractivity (Wildman–Crippen MR) is 120 cm³/mol. The van der Waals surface area contributed by atoms with Gasteiger partial charge in [-0.1, -0.05) is 36.4 Å². The van der Waals surface area contributed by atoms with Crippen LogP contribution in [0.5, 0.6) is 11.5 Å². The average molecular weight is 425 g/mol. The number of methoxy groups -OCH3 is 2. The molecule has 4 rings (SSSR count). The van der Waals surface area contributed by atoms with Crippen LogP contribution >= 0.6 is 12.2 Å². The van der Waals surface area contributed by atoms with Crippen molar-refractivity contribution in [2.75, 3.05) is 20.8 Å². The molecule has 1 fully saturated rings. The lowest BCUT2D eigenvalue weighted by molar-refractivity contribution is 0.186. The zero-order valence-corrected chi connectivity index (χ0v) is 18.6. The second-order valence-electron chi connectivity index (χ2n) is 7.64. The van der Waals surface area contributed by atoms with E-state index < -0.39 is 0 Å². The minimum Gasteiger partial charge on any atom is -0.497 e. The molecule has 1 aromatic heterocycles. The summed E-state index contributed by atoms with van der Waals surface area (Å²) in [7, 11) is 5.38. The first kappa shape index (κ1) is 20.6. The van der Waals surface area contributed by atoms with Gasteiger partial charge >= 0.3 is 0 Å². The van der Waals surface area contributed by atoms with Crippen LogP contribution in [0.1, 0.15) is 35.8 Å². The highest BCUT2D eigenvalue weighted by molar-refractivity contribution is 7.71. The van der Waals surface area contributed by atoms with Crippen molar-refractivity contribution >= 4 is 12.2 Å². The Bertz CT molecular complexity index is 1060. The molecule has 0 saturated carbocycles. The highest BCUT2D eigenvalue weighted by Crippen LogP contribution is 2.38. The number of ether oxygens (including phenoxy) is 2. The van der Waals surface area contributed by atoms with E-state index in [1.54, 1.807) is 14.2 Å². The van der Waals surface area contributed by atoms with Crippen LogP contribution in [0.3, 0.4) is 0 Å². The summed E-state index contributed by atoms with van der Waals surface area (Å²) in [5.41, 5.74) is 2.41. The van der Waals surface area contributed by atoms with E-state index in [2.05, 4.69) is 35.2 Å². The van der Waals surface area contributed by atoms with Gasteiger partial charge in [0.15, 0.2) is 4.77 Å². The lowest BCUT2D eigenvalue weighted by atomic mass is 10.0. The van der Waals surface area contributed by atoms with Crippen LogP contribution in [0.2, 0.25) is 0 Å². The summed E-state index contributed by atoms with van der Waals surface area (Å²) in [6, 6.07) is 16.7. The van der Waals surface area contributed by atoms with Crippen LogP contribution in [-0.2, 0) is 20.1 Å². The number of hydrogen-bond donors (Lipinski definition) is 0. The third-order valence-electron chi connectivity index (χ3n) is 5.82. The van der Waals surface area contributed by atoms with Crippen LogP contribution < -0.4 is 9.47 Å². The van der Waals surface area contributed by atoms with Gasteiger partial charge in [0, 0.05) is 37.7 Å². The Hall–Kier alpha value is -2.64. The van der Waals surface area contributed by atoms with Gasteiger partial charge in [-0.05, 0) is 36.7 Å². The molecule has 158 valence electrons. The van der Waals surface area contributed by atoms with Crippen molar-refractivity contribution in [2.45, 2.75) is 32.0 Å². The molecule has 1 atom stereocenters. The highest BCUT2D eigenvalue weighted by atomic mass is 32.1. The molecule has 0 amide bonds. The van der Waals surface area contributed by atoms with Crippen LogP contribution in [0, 0.1) is 4.77 Å².